The Morgan fingerprint density at radius 3 is 2.75 bits per heavy atom. The van der Waals surface area contributed by atoms with Gasteiger partial charge in [-0.15, -0.1) is 0 Å². The molecule has 6 nitrogen and oxygen atoms in total. The van der Waals surface area contributed by atoms with Gasteiger partial charge in [-0.3, -0.25) is 9.59 Å². The lowest BCUT2D eigenvalue weighted by atomic mass is 9.99. The molecule has 0 saturated carbocycles. The highest BCUT2D eigenvalue weighted by Gasteiger charge is 2.22. The van der Waals surface area contributed by atoms with Crippen LogP contribution in [0.3, 0.4) is 0 Å². The molecule has 0 atom stereocenters. The Hall–Kier alpha value is -2.37. The average Bonchev–Trinajstić information content (AvgIpc) is 2.59. The van der Waals surface area contributed by atoms with E-state index < -0.39 is 5.97 Å². The molecule has 1 aromatic rings. The molecular formula is C18H22N2O4. The van der Waals surface area contributed by atoms with Gasteiger partial charge in [0.2, 0.25) is 5.91 Å². The first-order chi connectivity index (χ1) is 11.5. The van der Waals surface area contributed by atoms with Crippen molar-refractivity contribution < 1.29 is 19.1 Å². The lowest BCUT2D eigenvalue weighted by molar-refractivity contribution is -0.135. The number of likely N-dealkylation sites (tertiary alicyclic amines) is 1. The van der Waals surface area contributed by atoms with Crippen molar-refractivity contribution in [2.24, 2.45) is 5.92 Å². The summed E-state index contributed by atoms with van der Waals surface area (Å²) in [7, 11) is 0. The lowest BCUT2D eigenvalue weighted by Gasteiger charge is -2.30. The predicted octanol–water partition coefficient (Wildman–Crippen LogP) is 1.99. The van der Waals surface area contributed by atoms with Crippen LogP contribution in [0.4, 0.5) is 5.69 Å². The summed E-state index contributed by atoms with van der Waals surface area (Å²) < 4.78 is 5.16. The van der Waals surface area contributed by atoms with Crippen LogP contribution >= 0.6 is 0 Å². The Morgan fingerprint density at radius 1 is 1.25 bits per heavy atom. The van der Waals surface area contributed by atoms with Crippen LogP contribution in [-0.2, 0) is 20.7 Å². The molecule has 6 heteroatoms. The number of fused-ring (bicyclic) bond motifs is 1. The van der Waals surface area contributed by atoms with Gasteiger partial charge in [-0.05, 0) is 48.9 Å². The highest BCUT2D eigenvalue weighted by molar-refractivity contribution is 5.96. The average molecular weight is 330 g/mol. The minimum absolute atomic E-state index is 0.0146. The maximum absolute atomic E-state index is 12.2. The second-order valence-electron chi connectivity index (χ2n) is 6.56. The van der Waals surface area contributed by atoms with Gasteiger partial charge in [0.1, 0.15) is 0 Å². The van der Waals surface area contributed by atoms with Crippen molar-refractivity contribution >= 4 is 23.5 Å². The van der Waals surface area contributed by atoms with Crippen LogP contribution in [-0.4, -0.2) is 42.4 Å². The monoisotopic (exact) mass is 330 g/mol. The molecule has 24 heavy (non-hydrogen) atoms. The molecule has 2 aliphatic heterocycles. The van der Waals surface area contributed by atoms with Crippen molar-refractivity contribution in [3.05, 3.63) is 29.3 Å². The maximum Gasteiger partial charge on any atom is 0.338 e. The zero-order chi connectivity index (χ0) is 17.1. The van der Waals surface area contributed by atoms with Crippen molar-refractivity contribution in [2.45, 2.75) is 32.6 Å². The third-order valence-corrected chi connectivity index (χ3v) is 4.70. The number of amides is 2. The Kier molecular flexibility index (Phi) is 4.83. The van der Waals surface area contributed by atoms with Crippen molar-refractivity contribution in [3.8, 4) is 0 Å². The SMILES string of the molecule is CC1CCN(C(=O)COC(=O)c2ccc3c(c2)CCC(=O)N3)CC1. The van der Waals surface area contributed by atoms with E-state index >= 15 is 0 Å². The molecule has 0 radical (unpaired) electrons. The standard InChI is InChI=1S/C18H22N2O4/c1-12-6-8-20(9-7-12)17(22)11-24-18(23)14-2-4-15-13(10-14)3-5-16(21)19-15/h2,4,10,12H,3,5-9,11H2,1H3,(H,19,21). The summed E-state index contributed by atoms with van der Waals surface area (Å²) in [6, 6.07) is 5.04. The molecular weight excluding hydrogens is 308 g/mol. The van der Waals surface area contributed by atoms with Gasteiger partial charge in [0.25, 0.3) is 5.91 Å². The summed E-state index contributed by atoms with van der Waals surface area (Å²) in [5, 5.41) is 2.77. The third kappa shape index (κ3) is 3.75. The molecule has 0 spiro atoms. The van der Waals surface area contributed by atoms with E-state index in [9.17, 15) is 14.4 Å². The van der Waals surface area contributed by atoms with Crippen molar-refractivity contribution in [3.63, 3.8) is 0 Å². The quantitative estimate of drug-likeness (QED) is 0.860. The van der Waals surface area contributed by atoms with Crippen LogP contribution in [0, 0.1) is 5.92 Å². The van der Waals surface area contributed by atoms with Crippen molar-refractivity contribution in [1.82, 2.24) is 4.90 Å². The fourth-order valence-electron chi connectivity index (χ4n) is 3.07. The minimum atomic E-state index is -0.506. The molecule has 0 aliphatic carbocycles. The van der Waals surface area contributed by atoms with Gasteiger partial charge in [0.15, 0.2) is 6.61 Å². The summed E-state index contributed by atoms with van der Waals surface area (Å²) in [6.07, 6.45) is 3.01. The van der Waals surface area contributed by atoms with Gasteiger partial charge in [0.05, 0.1) is 5.56 Å². The topological polar surface area (TPSA) is 75.7 Å². The van der Waals surface area contributed by atoms with Crippen molar-refractivity contribution in [1.29, 1.82) is 0 Å². The van der Waals surface area contributed by atoms with Gasteiger partial charge in [-0.1, -0.05) is 6.92 Å². The Balaban J connectivity index is 1.55. The first-order valence-electron chi connectivity index (χ1n) is 8.40. The molecule has 0 unspecified atom stereocenters. The number of rotatable bonds is 3. The number of aryl methyl sites for hydroxylation is 1. The fourth-order valence-corrected chi connectivity index (χ4v) is 3.07. The molecule has 3 rings (SSSR count). The molecule has 0 aromatic heterocycles. The number of ether oxygens (including phenoxy) is 1. The molecule has 1 fully saturated rings. The maximum atomic E-state index is 12.2. The predicted molar refractivity (Wildman–Crippen MR) is 88.7 cm³/mol. The zero-order valence-electron chi connectivity index (χ0n) is 13.8. The smallest absolute Gasteiger partial charge is 0.338 e. The second-order valence-corrected chi connectivity index (χ2v) is 6.56. The van der Waals surface area contributed by atoms with E-state index in [0.29, 0.717) is 24.3 Å². The lowest BCUT2D eigenvalue weighted by Crippen LogP contribution is -2.40. The minimum Gasteiger partial charge on any atom is -0.452 e. The number of hydrogen-bond donors (Lipinski definition) is 1. The number of anilines is 1. The van der Waals surface area contributed by atoms with Gasteiger partial charge >= 0.3 is 5.97 Å². The summed E-state index contributed by atoms with van der Waals surface area (Å²) in [4.78, 5) is 37.4. The molecule has 0 bridgehead atoms. The first-order valence-corrected chi connectivity index (χ1v) is 8.40. The van der Waals surface area contributed by atoms with E-state index in [1.54, 1.807) is 23.1 Å². The largest absolute Gasteiger partial charge is 0.452 e. The first kappa shape index (κ1) is 16.5. The normalized spacial score (nSPS) is 17.9. The molecule has 1 aromatic carbocycles. The molecule has 2 aliphatic rings. The highest BCUT2D eigenvalue weighted by atomic mass is 16.5. The van der Waals surface area contributed by atoms with E-state index in [4.69, 9.17) is 4.74 Å². The Labute approximate surface area is 141 Å². The number of hydrogen-bond acceptors (Lipinski definition) is 4. The number of esters is 1. The number of nitrogens with zero attached hydrogens (tertiary/aromatic N) is 1. The second kappa shape index (κ2) is 7.03. The van der Waals surface area contributed by atoms with Crippen LogP contribution in [0.1, 0.15) is 42.1 Å². The highest BCUT2D eigenvalue weighted by Crippen LogP contribution is 2.24. The number of nitrogens with one attached hydrogen (secondary N) is 1. The molecule has 1 N–H and O–H groups in total. The molecule has 2 amide bonds. The van der Waals surface area contributed by atoms with Crippen LogP contribution in [0.2, 0.25) is 0 Å². The number of piperidine rings is 1. The van der Waals surface area contributed by atoms with E-state index in [-0.39, 0.29) is 18.4 Å². The number of carbonyl (C=O) groups excluding carboxylic acids is 3. The van der Waals surface area contributed by atoms with Gasteiger partial charge in [-0.25, -0.2) is 4.79 Å². The summed E-state index contributed by atoms with van der Waals surface area (Å²) in [5.41, 5.74) is 2.06. The zero-order valence-corrected chi connectivity index (χ0v) is 13.8. The molecule has 2 heterocycles. The summed E-state index contributed by atoms with van der Waals surface area (Å²) in [6.45, 7) is 3.42. The van der Waals surface area contributed by atoms with E-state index in [1.807, 2.05) is 0 Å². The molecule has 1 saturated heterocycles. The Morgan fingerprint density at radius 2 is 2.00 bits per heavy atom. The van der Waals surface area contributed by atoms with E-state index in [1.165, 1.54) is 0 Å². The number of benzene rings is 1. The van der Waals surface area contributed by atoms with Crippen molar-refractivity contribution in [2.75, 3.05) is 25.0 Å². The third-order valence-electron chi connectivity index (χ3n) is 4.70. The van der Waals surface area contributed by atoms with Gasteiger partial charge in [0, 0.05) is 25.2 Å². The van der Waals surface area contributed by atoms with Crippen LogP contribution in [0.15, 0.2) is 18.2 Å². The van der Waals surface area contributed by atoms with Crippen LogP contribution in [0.5, 0.6) is 0 Å². The number of carbonyl (C=O) groups is 3. The van der Waals surface area contributed by atoms with Gasteiger partial charge in [-0.2, -0.15) is 0 Å². The van der Waals surface area contributed by atoms with Gasteiger partial charge < -0.3 is 15.0 Å². The fraction of sp³-hybridized carbons (Fsp3) is 0.500. The van der Waals surface area contributed by atoms with E-state index in [0.717, 1.165) is 37.2 Å². The summed E-state index contributed by atoms with van der Waals surface area (Å²) >= 11 is 0. The molecule has 128 valence electrons. The van der Waals surface area contributed by atoms with Crippen LogP contribution < -0.4 is 5.32 Å². The Bertz CT molecular complexity index is 663. The van der Waals surface area contributed by atoms with Crippen LogP contribution in [0.25, 0.3) is 0 Å². The summed E-state index contributed by atoms with van der Waals surface area (Å²) in [5.74, 6) is -0.0132. The van der Waals surface area contributed by atoms with E-state index in [2.05, 4.69) is 12.2 Å².